The van der Waals surface area contributed by atoms with E-state index in [1.807, 2.05) is 30.3 Å². The van der Waals surface area contributed by atoms with Crippen LogP contribution >= 0.6 is 0 Å². The first-order valence-electron chi connectivity index (χ1n) is 9.35. The molecule has 0 fully saturated rings. The number of carbonyl (C=O) groups is 2. The quantitative estimate of drug-likeness (QED) is 0.398. The minimum Gasteiger partial charge on any atom is -0.494 e. The Balaban J connectivity index is 2.43. The van der Waals surface area contributed by atoms with Gasteiger partial charge >= 0.3 is 5.97 Å². The van der Waals surface area contributed by atoms with Gasteiger partial charge in [0.05, 0.1) is 20.1 Å². The zero-order valence-corrected chi connectivity index (χ0v) is 16.3. The summed E-state index contributed by atoms with van der Waals surface area (Å²) < 4.78 is 10.3. The first-order valence-corrected chi connectivity index (χ1v) is 9.35. The second-order valence-electron chi connectivity index (χ2n) is 6.00. The number of amides is 1. The Hall–Kier alpha value is -2.08. The molecule has 26 heavy (non-hydrogen) atoms. The average molecular weight is 364 g/mol. The molecule has 0 aliphatic rings. The summed E-state index contributed by atoms with van der Waals surface area (Å²) in [5.41, 5.74) is 0. The van der Waals surface area contributed by atoms with E-state index in [2.05, 4.69) is 23.5 Å². The lowest BCUT2D eigenvalue weighted by molar-refractivity contribution is -0.141. The maximum atomic E-state index is 12.5. The van der Waals surface area contributed by atoms with Crippen molar-refractivity contribution >= 4 is 11.9 Å². The van der Waals surface area contributed by atoms with Crippen LogP contribution in [0.3, 0.4) is 0 Å². The highest BCUT2D eigenvalue weighted by Crippen LogP contribution is 2.09. The highest BCUT2D eigenvalue weighted by atomic mass is 16.5. The summed E-state index contributed by atoms with van der Waals surface area (Å²) in [5, 5.41) is 0. The van der Waals surface area contributed by atoms with Crippen molar-refractivity contribution in [2.24, 2.45) is 0 Å². The van der Waals surface area contributed by atoms with Gasteiger partial charge in [0.2, 0.25) is 5.91 Å². The second-order valence-corrected chi connectivity index (χ2v) is 6.00. The minimum absolute atomic E-state index is 0.0534. The molecule has 0 radical (unpaired) electrons. The predicted octanol–water partition coefficient (Wildman–Crippen LogP) is 2.58. The monoisotopic (exact) mass is 364 g/mol. The van der Waals surface area contributed by atoms with Crippen LogP contribution in [0.5, 0.6) is 5.75 Å². The van der Waals surface area contributed by atoms with Crippen LogP contribution in [0.4, 0.5) is 0 Å². The van der Waals surface area contributed by atoms with Gasteiger partial charge in [-0.05, 0) is 31.6 Å². The van der Waals surface area contributed by atoms with Crippen LogP contribution in [0, 0.1) is 0 Å². The number of hydrogen-bond donors (Lipinski definition) is 0. The number of benzene rings is 1. The molecule has 0 atom stereocenters. The van der Waals surface area contributed by atoms with Crippen LogP contribution in [0.2, 0.25) is 0 Å². The van der Waals surface area contributed by atoms with Gasteiger partial charge < -0.3 is 19.3 Å². The van der Waals surface area contributed by atoms with Crippen LogP contribution in [0.1, 0.15) is 33.1 Å². The molecule has 0 aromatic heterocycles. The van der Waals surface area contributed by atoms with Crippen molar-refractivity contribution in [3.05, 3.63) is 30.3 Å². The summed E-state index contributed by atoms with van der Waals surface area (Å²) in [5.74, 6) is 0.569. The topological polar surface area (TPSA) is 59.1 Å². The number of rotatable bonds is 13. The molecule has 0 aliphatic carbocycles. The van der Waals surface area contributed by atoms with Gasteiger partial charge in [-0.25, -0.2) is 0 Å². The smallest absolute Gasteiger partial charge is 0.307 e. The third-order valence-corrected chi connectivity index (χ3v) is 4.29. The molecular formula is C20H32N2O4. The zero-order chi connectivity index (χ0) is 19.2. The minimum atomic E-state index is -0.293. The number of para-hydroxylation sites is 1. The highest BCUT2D eigenvalue weighted by Gasteiger charge is 2.16. The number of carbonyl (C=O) groups excluding carboxylic acids is 2. The molecule has 1 amide bonds. The maximum Gasteiger partial charge on any atom is 0.307 e. The van der Waals surface area contributed by atoms with Gasteiger partial charge in [0.25, 0.3) is 0 Å². The number of nitrogens with zero attached hydrogens (tertiary/aromatic N) is 2. The van der Waals surface area contributed by atoms with E-state index in [4.69, 9.17) is 4.74 Å². The molecule has 0 bridgehead atoms. The maximum absolute atomic E-state index is 12.5. The number of hydrogen-bond acceptors (Lipinski definition) is 5. The van der Waals surface area contributed by atoms with Gasteiger partial charge in [-0.3, -0.25) is 9.59 Å². The second kappa shape index (κ2) is 13.2. The Kier molecular flexibility index (Phi) is 11.1. The molecule has 0 aliphatic heterocycles. The van der Waals surface area contributed by atoms with Crippen LogP contribution in [-0.2, 0) is 14.3 Å². The Labute approximate surface area is 157 Å². The van der Waals surface area contributed by atoms with Crippen molar-refractivity contribution < 1.29 is 19.1 Å². The summed E-state index contributed by atoms with van der Waals surface area (Å²) in [6, 6.07) is 9.57. The van der Waals surface area contributed by atoms with Gasteiger partial charge in [-0.15, -0.1) is 0 Å². The molecular weight excluding hydrogens is 332 g/mol. The molecule has 146 valence electrons. The van der Waals surface area contributed by atoms with Gasteiger partial charge in [-0.2, -0.15) is 0 Å². The normalized spacial score (nSPS) is 10.6. The molecule has 0 spiro atoms. The van der Waals surface area contributed by atoms with Crippen molar-refractivity contribution in [2.45, 2.75) is 33.1 Å². The van der Waals surface area contributed by atoms with Gasteiger partial charge in [0.15, 0.2) is 0 Å². The summed E-state index contributed by atoms with van der Waals surface area (Å²) in [6.07, 6.45) is 1.28. The average Bonchev–Trinajstić information content (AvgIpc) is 2.68. The van der Waals surface area contributed by atoms with E-state index in [0.29, 0.717) is 32.5 Å². The summed E-state index contributed by atoms with van der Waals surface area (Å²) >= 11 is 0. The first-order chi connectivity index (χ1) is 12.6. The van der Waals surface area contributed by atoms with E-state index >= 15 is 0 Å². The molecule has 1 rings (SSSR count). The van der Waals surface area contributed by atoms with E-state index in [1.54, 1.807) is 4.90 Å². The van der Waals surface area contributed by atoms with Crippen LogP contribution < -0.4 is 4.74 Å². The largest absolute Gasteiger partial charge is 0.494 e. The van der Waals surface area contributed by atoms with Gasteiger partial charge in [0.1, 0.15) is 5.75 Å². The number of likely N-dealkylation sites (N-methyl/N-ethyl adjacent to an activating group) is 1. The Morgan fingerprint density at radius 3 is 2.27 bits per heavy atom. The fourth-order valence-electron chi connectivity index (χ4n) is 2.58. The number of methoxy groups -OCH3 is 1. The SMILES string of the molecule is CCN(CC)CCN(CCC(=O)OC)C(=O)CCCOc1ccccc1. The van der Waals surface area contributed by atoms with Crippen molar-refractivity contribution in [3.8, 4) is 5.75 Å². The van der Waals surface area contributed by atoms with Crippen molar-refractivity contribution in [2.75, 3.05) is 46.4 Å². The van der Waals surface area contributed by atoms with E-state index in [9.17, 15) is 9.59 Å². The molecule has 0 saturated carbocycles. The van der Waals surface area contributed by atoms with E-state index in [0.717, 1.165) is 25.4 Å². The fourth-order valence-corrected chi connectivity index (χ4v) is 2.58. The van der Waals surface area contributed by atoms with E-state index in [-0.39, 0.29) is 18.3 Å². The van der Waals surface area contributed by atoms with Crippen molar-refractivity contribution in [1.29, 1.82) is 0 Å². The lowest BCUT2D eigenvalue weighted by Crippen LogP contribution is -2.40. The Morgan fingerprint density at radius 1 is 0.962 bits per heavy atom. The van der Waals surface area contributed by atoms with Crippen LogP contribution in [0.25, 0.3) is 0 Å². The summed E-state index contributed by atoms with van der Waals surface area (Å²) in [6.45, 7) is 8.41. The standard InChI is InChI=1S/C20H32N2O4/c1-4-21(5-2)15-16-22(14-13-20(24)25-3)19(23)12-9-17-26-18-10-7-6-8-11-18/h6-8,10-11H,4-5,9,12-17H2,1-3H3. The Bertz CT molecular complexity index is 518. The molecule has 1 aromatic rings. The molecule has 6 heteroatoms. The first kappa shape index (κ1) is 22.0. The van der Waals surface area contributed by atoms with Crippen molar-refractivity contribution in [3.63, 3.8) is 0 Å². The van der Waals surface area contributed by atoms with E-state index < -0.39 is 0 Å². The van der Waals surface area contributed by atoms with Gasteiger partial charge in [0, 0.05) is 26.1 Å². The molecule has 6 nitrogen and oxygen atoms in total. The molecule has 0 unspecified atom stereocenters. The lowest BCUT2D eigenvalue weighted by atomic mass is 10.2. The molecule has 1 aromatic carbocycles. The fraction of sp³-hybridized carbons (Fsp3) is 0.600. The van der Waals surface area contributed by atoms with E-state index in [1.165, 1.54) is 7.11 Å². The Morgan fingerprint density at radius 2 is 1.65 bits per heavy atom. The third kappa shape index (κ3) is 8.85. The molecule has 0 saturated heterocycles. The molecule has 0 heterocycles. The molecule has 0 N–H and O–H groups in total. The lowest BCUT2D eigenvalue weighted by Gasteiger charge is -2.26. The predicted molar refractivity (Wildman–Crippen MR) is 102 cm³/mol. The summed E-state index contributed by atoms with van der Waals surface area (Å²) in [7, 11) is 1.37. The van der Waals surface area contributed by atoms with Crippen LogP contribution in [0.15, 0.2) is 30.3 Å². The van der Waals surface area contributed by atoms with Gasteiger partial charge in [-0.1, -0.05) is 32.0 Å². The zero-order valence-electron chi connectivity index (χ0n) is 16.3. The number of esters is 1. The van der Waals surface area contributed by atoms with Crippen LogP contribution in [-0.4, -0.2) is 68.1 Å². The highest BCUT2D eigenvalue weighted by molar-refractivity contribution is 5.77. The van der Waals surface area contributed by atoms with Crippen molar-refractivity contribution in [1.82, 2.24) is 9.80 Å². The number of ether oxygens (including phenoxy) is 2. The third-order valence-electron chi connectivity index (χ3n) is 4.29. The summed E-state index contributed by atoms with van der Waals surface area (Å²) in [4.78, 5) is 28.0.